The van der Waals surface area contributed by atoms with Gasteiger partial charge in [-0.15, -0.1) is 0 Å². The highest BCUT2D eigenvalue weighted by Crippen LogP contribution is 2.13. The van der Waals surface area contributed by atoms with Gasteiger partial charge in [-0.25, -0.2) is 0 Å². The summed E-state index contributed by atoms with van der Waals surface area (Å²) < 4.78 is 0. The first-order valence-electron chi connectivity index (χ1n) is 16.6. The van der Waals surface area contributed by atoms with Crippen molar-refractivity contribution in [1.82, 2.24) is 0 Å². The largest absolute Gasteiger partial charge is 0.300 e. The molecule has 0 rings (SSSR count). The van der Waals surface area contributed by atoms with Crippen molar-refractivity contribution in [3.8, 4) is 0 Å². The van der Waals surface area contributed by atoms with Crippen LogP contribution in [0.4, 0.5) is 0 Å². The summed E-state index contributed by atoms with van der Waals surface area (Å²) in [7, 11) is 0. The van der Waals surface area contributed by atoms with Crippen LogP contribution in [0.3, 0.4) is 0 Å². The molecule has 1 nitrogen and oxygen atoms in total. The molecule has 0 aliphatic heterocycles. The molecule has 0 atom stereocenters. The number of hydrogen-bond donors (Lipinski definition) is 0. The lowest BCUT2D eigenvalue weighted by Gasteiger charge is -2.03. The quantitative estimate of drug-likeness (QED) is 0.0704. The highest BCUT2D eigenvalue weighted by molar-refractivity contribution is 5.78. The van der Waals surface area contributed by atoms with E-state index in [0.29, 0.717) is 5.78 Å². The summed E-state index contributed by atoms with van der Waals surface area (Å²) in [6.07, 6.45) is 45.5. The maximum atomic E-state index is 12.1. The van der Waals surface area contributed by atoms with Crippen LogP contribution < -0.4 is 0 Å². The Morgan fingerprint density at radius 2 is 0.611 bits per heavy atom. The molecule has 0 spiro atoms. The molecular formula is C35H66O. The predicted octanol–water partition coefficient (Wildman–Crippen LogP) is 12.6. The van der Waals surface area contributed by atoms with Crippen molar-refractivity contribution in [3.63, 3.8) is 0 Å². The standard InChI is InChI=1S/C35H66O/c1-3-5-7-9-11-13-15-17-19-21-23-25-27-29-31-33-35(36)34-32-30-28-26-24-22-20-18-16-14-12-10-8-6-4-2/h15-18H,3-14,19-34H2,1-2H3. The third-order valence-electron chi connectivity index (χ3n) is 7.43. The van der Waals surface area contributed by atoms with E-state index in [1.807, 2.05) is 0 Å². The number of unbranched alkanes of at least 4 members (excludes halogenated alkanes) is 22. The highest BCUT2D eigenvalue weighted by atomic mass is 16.1. The van der Waals surface area contributed by atoms with Crippen molar-refractivity contribution < 1.29 is 4.79 Å². The van der Waals surface area contributed by atoms with E-state index in [4.69, 9.17) is 0 Å². The molecule has 0 amide bonds. The van der Waals surface area contributed by atoms with E-state index in [9.17, 15) is 4.79 Å². The molecule has 212 valence electrons. The van der Waals surface area contributed by atoms with Gasteiger partial charge in [0.25, 0.3) is 0 Å². The van der Waals surface area contributed by atoms with Gasteiger partial charge in [-0.05, 0) is 64.2 Å². The van der Waals surface area contributed by atoms with Gasteiger partial charge < -0.3 is 0 Å². The molecule has 0 bridgehead atoms. The van der Waals surface area contributed by atoms with Crippen LogP contribution in [-0.4, -0.2) is 5.78 Å². The molecule has 0 aromatic heterocycles. The molecule has 0 aromatic rings. The summed E-state index contributed by atoms with van der Waals surface area (Å²) in [5.74, 6) is 0.509. The summed E-state index contributed by atoms with van der Waals surface area (Å²) in [6.45, 7) is 4.56. The number of Topliss-reactive ketones (excluding diaryl/α,β-unsaturated/α-hetero) is 1. The van der Waals surface area contributed by atoms with E-state index in [2.05, 4.69) is 38.2 Å². The van der Waals surface area contributed by atoms with Crippen molar-refractivity contribution in [1.29, 1.82) is 0 Å². The van der Waals surface area contributed by atoms with Gasteiger partial charge in [0, 0.05) is 12.8 Å². The average molecular weight is 503 g/mol. The zero-order chi connectivity index (χ0) is 26.2. The SMILES string of the molecule is CCCCCCCC=CCCCCCCCCC(=O)CCCCCCCCC=CCCCCCCC. The molecule has 0 saturated heterocycles. The molecule has 0 N–H and O–H groups in total. The fraction of sp³-hybridized carbons (Fsp3) is 0.857. The number of allylic oxidation sites excluding steroid dienone is 4. The molecule has 0 radical (unpaired) electrons. The van der Waals surface area contributed by atoms with Gasteiger partial charge in [0.05, 0.1) is 0 Å². The molecule has 0 aromatic carbocycles. The number of ketones is 1. The van der Waals surface area contributed by atoms with E-state index in [-0.39, 0.29) is 0 Å². The van der Waals surface area contributed by atoms with Crippen LogP contribution in [0.2, 0.25) is 0 Å². The highest BCUT2D eigenvalue weighted by Gasteiger charge is 2.02. The second kappa shape index (κ2) is 32.2. The van der Waals surface area contributed by atoms with Crippen LogP contribution in [0.25, 0.3) is 0 Å². The Labute approximate surface area is 228 Å². The minimum absolute atomic E-state index is 0.509. The van der Waals surface area contributed by atoms with Gasteiger partial charge in [-0.1, -0.05) is 141 Å². The van der Waals surface area contributed by atoms with Gasteiger partial charge in [0.2, 0.25) is 0 Å². The lowest BCUT2D eigenvalue weighted by Crippen LogP contribution is -1.97. The number of hydrogen-bond acceptors (Lipinski definition) is 1. The topological polar surface area (TPSA) is 17.1 Å². The smallest absolute Gasteiger partial charge is 0.132 e. The summed E-state index contributed by atoms with van der Waals surface area (Å²) in [5, 5.41) is 0. The monoisotopic (exact) mass is 503 g/mol. The molecular weight excluding hydrogens is 436 g/mol. The van der Waals surface area contributed by atoms with Crippen LogP contribution in [0, 0.1) is 0 Å². The van der Waals surface area contributed by atoms with Gasteiger partial charge >= 0.3 is 0 Å². The minimum atomic E-state index is 0.509. The Hall–Kier alpha value is -0.850. The normalized spacial score (nSPS) is 11.8. The number of rotatable bonds is 30. The molecule has 0 heterocycles. The van der Waals surface area contributed by atoms with E-state index in [1.165, 1.54) is 154 Å². The first-order valence-corrected chi connectivity index (χ1v) is 16.6. The van der Waals surface area contributed by atoms with Gasteiger partial charge in [-0.2, -0.15) is 0 Å². The lowest BCUT2D eigenvalue weighted by molar-refractivity contribution is -0.119. The Balaban J connectivity index is 3.23. The van der Waals surface area contributed by atoms with Gasteiger partial charge in [-0.3, -0.25) is 4.79 Å². The van der Waals surface area contributed by atoms with E-state index >= 15 is 0 Å². The maximum absolute atomic E-state index is 12.1. The van der Waals surface area contributed by atoms with Crippen LogP contribution in [0.5, 0.6) is 0 Å². The Bertz CT molecular complexity index is 433. The predicted molar refractivity (Wildman–Crippen MR) is 164 cm³/mol. The van der Waals surface area contributed by atoms with Crippen molar-refractivity contribution in [3.05, 3.63) is 24.3 Å². The molecule has 0 unspecified atom stereocenters. The van der Waals surface area contributed by atoms with Crippen LogP contribution >= 0.6 is 0 Å². The van der Waals surface area contributed by atoms with Crippen LogP contribution in [-0.2, 0) is 4.79 Å². The third-order valence-corrected chi connectivity index (χ3v) is 7.43. The molecule has 0 fully saturated rings. The maximum Gasteiger partial charge on any atom is 0.132 e. The Morgan fingerprint density at radius 1 is 0.361 bits per heavy atom. The lowest BCUT2D eigenvalue weighted by atomic mass is 10.0. The van der Waals surface area contributed by atoms with Crippen molar-refractivity contribution >= 4 is 5.78 Å². The van der Waals surface area contributed by atoms with E-state index in [1.54, 1.807) is 0 Å². The zero-order valence-corrected chi connectivity index (χ0v) is 25.0. The van der Waals surface area contributed by atoms with Crippen LogP contribution in [0.15, 0.2) is 24.3 Å². The summed E-state index contributed by atoms with van der Waals surface area (Å²) in [6, 6.07) is 0. The fourth-order valence-electron chi connectivity index (χ4n) is 4.91. The van der Waals surface area contributed by atoms with Crippen molar-refractivity contribution in [2.75, 3.05) is 0 Å². The fourth-order valence-corrected chi connectivity index (χ4v) is 4.91. The number of carbonyl (C=O) groups is 1. The third kappa shape index (κ3) is 31.2. The Morgan fingerprint density at radius 3 is 0.917 bits per heavy atom. The van der Waals surface area contributed by atoms with Crippen molar-refractivity contribution in [2.24, 2.45) is 0 Å². The van der Waals surface area contributed by atoms with Gasteiger partial charge in [0.1, 0.15) is 5.78 Å². The summed E-state index contributed by atoms with van der Waals surface area (Å²) in [5.41, 5.74) is 0. The number of carbonyl (C=O) groups excluding carboxylic acids is 1. The molecule has 0 aliphatic rings. The molecule has 36 heavy (non-hydrogen) atoms. The average Bonchev–Trinajstić information content (AvgIpc) is 2.88. The molecule has 1 heteroatoms. The first kappa shape index (κ1) is 35.2. The van der Waals surface area contributed by atoms with E-state index < -0.39 is 0 Å². The zero-order valence-electron chi connectivity index (χ0n) is 25.0. The van der Waals surface area contributed by atoms with Crippen molar-refractivity contribution in [2.45, 2.75) is 194 Å². The summed E-state index contributed by atoms with van der Waals surface area (Å²) in [4.78, 5) is 12.1. The first-order chi connectivity index (χ1) is 17.8. The van der Waals surface area contributed by atoms with E-state index in [0.717, 1.165) is 25.7 Å². The van der Waals surface area contributed by atoms with Gasteiger partial charge in [0.15, 0.2) is 0 Å². The molecule has 0 aliphatic carbocycles. The minimum Gasteiger partial charge on any atom is -0.300 e. The Kier molecular flexibility index (Phi) is 31.4. The second-order valence-corrected chi connectivity index (χ2v) is 11.2. The summed E-state index contributed by atoms with van der Waals surface area (Å²) >= 11 is 0. The second-order valence-electron chi connectivity index (χ2n) is 11.2. The van der Waals surface area contributed by atoms with Crippen LogP contribution in [0.1, 0.15) is 194 Å². The molecule has 0 saturated carbocycles.